The number of hydrogen-bond acceptors (Lipinski definition) is 4. The molecule has 0 saturated heterocycles. The molecule has 0 saturated carbocycles. The van der Waals surface area contributed by atoms with Crippen molar-refractivity contribution in [1.29, 1.82) is 0 Å². The van der Waals surface area contributed by atoms with Crippen LogP contribution in [0.4, 0.5) is 0 Å². The van der Waals surface area contributed by atoms with Gasteiger partial charge < -0.3 is 9.47 Å². The normalized spacial score (nSPS) is 10.3. The van der Waals surface area contributed by atoms with E-state index in [2.05, 4.69) is 0 Å². The van der Waals surface area contributed by atoms with Gasteiger partial charge in [0.05, 0.1) is 10.0 Å². The summed E-state index contributed by atoms with van der Waals surface area (Å²) in [5, 5.41) is 1.18. The Balaban J connectivity index is 1.84. The second-order valence-electron chi connectivity index (χ2n) is 4.91. The quantitative estimate of drug-likeness (QED) is 0.530. The first kappa shape index (κ1) is 18.6. The minimum Gasteiger partial charge on any atom is -0.482 e. The second-order valence-corrected chi connectivity index (χ2v) is 6.16. The number of Topliss-reactive ketones (excluding diaryl/α,β-unsaturated/α-hetero) is 1. The lowest BCUT2D eigenvalue weighted by molar-refractivity contribution is -0.144. The molecule has 0 radical (unpaired) electrons. The van der Waals surface area contributed by atoms with Crippen LogP contribution in [0, 0.1) is 6.92 Å². The molecule has 24 heavy (non-hydrogen) atoms. The van der Waals surface area contributed by atoms with Gasteiger partial charge in [0.25, 0.3) is 0 Å². The SMILES string of the molecule is Cc1cc(Cl)ccc1OCC(=O)OCC(=O)c1ccc(Cl)c(Cl)c1. The zero-order valence-electron chi connectivity index (χ0n) is 12.6. The van der Waals surface area contributed by atoms with Crippen molar-refractivity contribution in [3.8, 4) is 5.75 Å². The van der Waals surface area contributed by atoms with Crippen LogP contribution >= 0.6 is 34.8 Å². The number of carbonyl (C=O) groups is 2. The minimum absolute atomic E-state index is 0.260. The fraction of sp³-hybridized carbons (Fsp3) is 0.176. The first-order chi connectivity index (χ1) is 11.4. The first-order valence-electron chi connectivity index (χ1n) is 6.89. The minimum atomic E-state index is -0.655. The van der Waals surface area contributed by atoms with E-state index in [0.29, 0.717) is 21.4 Å². The van der Waals surface area contributed by atoms with E-state index in [1.54, 1.807) is 25.1 Å². The van der Waals surface area contributed by atoms with Gasteiger partial charge in [-0.1, -0.05) is 34.8 Å². The maximum absolute atomic E-state index is 11.9. The summed E-state index contributed by atoms with van der Waals surface area (Å²) in [4.78, 5) is 23.6. The molecule has 2 rings (SSSR count). The van der Waals surface area contributed by atoms with Crippen molar-refractivity contribution in [2.24, 2.45) is 0 Å². The Morgan fingerprint density at radius 3 is 2.38 bits per heavy atom. The molecule has 7 heteroatoms. The highest BCUT2D eigenvalue weighted by Crippen LogP contribution is 2.23. The molecule has 0 bridgehead atoms. The number of ether oxygens (including phenoxy) is 2. The molecule has 0 unspecified atom stereocenters. The van der Waals surface area contributed by atoms with Crippen molar-refractivity contribution in [3.05, 3.63) is 62.6 Å². The molecule has 0 aliphatic rings. The van der Waals surface area contributed by atoms with Gasteiger partial charge in [-0.15, -0.1) is 0 Å². The van der Waals surface area contributed by atoms with E-state index in [1.807, 2.05) is 0 Å². The van der Waals surface area contributed by atoms with Gasteiger partial charge in [0.1, 0.15) is 5.75 Å². The van der Waals surface area contributed by atoms with Crippen molar-refractivity contribution >= 4 is 46.6 Å². The summed E-state index contributed by atoms with van der Waals surface area (Å²) in [6.45, 7) is 1.09. The highest BCUT2D eigenvalue weighted by atomic mass is 35.5. The monoisotopic (exact) mass is 386 g/mol. The third-order valence-electron chi connectivity index (χ3n) is 3.09. The highest BCUT2D eigenvalue weighted by Gasteiger charge is 2.12. The Bertz CT molecular complexity index is 774. The average Bonchev–Trinajstić information content (AvgIpc) is 2.54. The van der Waals surface area contributed by atoms with E-state index in [1.165, 1.54) is 18.2 Å². The molecule has 0 heterocycles. The second kappa shape index (κ2) is 8.38. The summed E-state index contributed by atoms with van der Waals surface area (Å²) in [5.41, 5.74) is 1.11. The van der Waals surface area contributed by atoms with Crippen molar-refractivity contribution in [1.82, 2.24) is 0 Å². The predicted molar refractivity (Wildman–Crippen MR) is 93.4 cm³/mol. The van der Waals surface area contributed by atoms with Crippen molar-refractivity contribution in [2.45, 2.75) is 6.92 Å². The number of hydrogen-bond donors (Lipinski definition) is 0. The Kier molecular flexibility index (Phi) is 6.49. The lowest BCUT2D eigenvalue weighted by Gasteiger charge is -2.09. The third kappa shape index (κ3) is 5.13. The van der Waals surface area contributed by atoms with E-state index in [9.17, 15) is 9.59 Å². The van der Waals surface area contributed by atoms with E-state index in [-0.39, 0.29) is 17.4 Å². The van der Waals surface area contributed by atoms with Crippen LogP contribution in [0.15, 0.2) is 36.4 Å². The van der Waals surface area contributed by atoms with Gasteiger partial charge in [0.2, 0.25) is 0 Å². The largest absolute Gasteiger partial charge is 0.482 e. The molecule has 2 aromatic carbocycles. The van der Waals surface area contributed by atoms with Crippen LogP contribution in [0.3, 0.4) is 0 Å². The van der Waals surface area contributed by atoms with E-state index < -0.39 is 12.6 Å². The van der Waals surface area contributed by atoms with E-state index in [0.717, 1.165) is 5.56 Å². The Hall–Kier alpha value is -1.75. The molecule has 0 atom stereocenters. The first-order valence-corrected chi connectivity index (χ1v) is 8.03. The molecule has 126 valence electrons. The van der Waals surface area contributed by atoms with Crippen LogP contribution in [0.2, 0.25) is 15.1 Å². The zero-order valence-corrected chi connectivity index (χ0v) is 14.9. The van der Waals surface area contributed by atoms with Gasteiger partial charge in [-0.25, -0.2) is 4.79 Å². The number of carbonyl (C=O) groups excluding carboxylic acids is 2. The van der Waals surface area contributed by atoms with Crippen LogP contribution in [-0.2, 0) is 9.53 Å². The molecule has 0 aliphatic carbocycles. The van der Waals surface area contributed by atoms with Gasteiger partial charge >= 0.3 is 5.97 Å². The Morgan fingerprint density at radius 2 is 1.71 bits per heavy atom. The Labute approximate surface area is 154 Å². The Morgan fingerprint density at radius 1 is 0.958 bits per heavy atom. The van der Waals surface area contributed by atoms with Crippen LogP contribution < -0.4 is 4.74 Å². The summed E-state index contributed by atoms with van der Waals surface area (Å²) in [6, 6.07) is 9.47. The molecule has 0 aromatic heterocycles. The van der Waals surface area contributed by atoms with Crippen LogP contribution in [0.1, 0.15) is 15.9 Å². The lowest BCUT2D eigenvalue weighted by Crippen LogP contribution is -2.19. The maximum Gasteiger partial charge on any atom is 0.344 e. The summed E-state index contributed by atoms with van der Waals surface area (Å²) >= 11 is 17.5. The van der Waals surface area contributed by atoms with Gasteiger partial charge in [0, 0.05) is 10.6 Å². The molecular weight excluding hydrogens is 375 g/mol. The van der Waals surface area contributed by atoms with Crippen LogP contribution in [0.5, 0.6) is 5.75 Å². The van der Waals surface area contributed by atoms with Crippen LogP contribution in [-0.4, -0.2) is 25.0 Å². The van der Waals surface area contributed by atoms with E-state index >= 15 is 0 Å². The van der Waals surface area contributed by atoms with Gasteiger partial charge in [0.15, 0.2) is 19.0 Å². The molecule has 2 aromatic rings. The topological polar surface area (TPSA) is 52.6 Å². The lowest BCUT2D eigenvalue weighted by atomic mass is 10.1. The number of esters is 1. The predicted octanol–water partition coefficient (Wildman–Crippen LogP) is 4.76. The number of benzene rings is 2. The van der Waals surface area contributed by atoms with Gasteiger partial charge in [-0.2, -0.15) is 0 Å². The summed E-state index contributed by atoms with van der Waals surface area (Å²) in [5.74, 6) is -0.519. The summed E-state index contributed by atoms with van der Waals surface area (Å²) < 4.78 is 10.2. The number of rotatable bonds is 6. The number of ketones is 1. The molecule has 0 spiro atoms. The van der Waals surface area contributed by atoms with Crippen molar-refractivity contribution in [3.63, 3.8) is 0 Å². The molecule has 4 nitrogen and oxygen atoms in total. The molecule has 0 fully saturated rings. The van der Waals surface area contributed by atoms with Crippen LogP contribution in [0.25, 0.3) is 0 Å². The number of aryl methyl sites for hydroxylation is 1. The van der Waals surface area contributed by atoms with Crippen molar-refractivity contribution < 1.29 is 19.1 Å². The zero-order chi connectivity index (χ0) is 17.7. The van der Waals surface area contributed by atoms with Crippen molar-refractivity contribution in [2.75, 3.05) is 13.2 Å². The smallest absolute Gasteiger partial charge is 0.344 e. The summed E-state index contributed by atoms with van der Waals surface area (Å²) in [6.07, 6.45) is 0. The molecule has 0 N–H and O–H groups in total. The fourth-order valence-electron chi connectivity index (χ4n) is 1.85. The fourth-order valence-corrected chi connectivity index (χ4v) is 2.38. The third-order valence-corrected chi connectivity index (χ3v) is 4.06. The van der Waals surface area contributed by atoms with Gasteiger partial charge in [-0.3, -0.25) is 4.79 Å². The maximum atomic E-state index is 11.9. The molecule has 0 aliphatic heterocycles. The van der Waals surface area contributed by atoms with Gasteiger partial charge in [-0.05, 0) is 48.9 Å². The molecule has 0 amide bonds. The highest BCUT2D eigenvalue weighted by molar-refractivity contribution is 6.42. The molecular formula is C17H13Cl3O4. The number of halogens is 3. The van der Waals surface area contributed by atoms with E-state index in [4.69, 9.17) is 44.3 Å². The standard InChI is InChI=1S/C17H13Cl3O4/c1-10-6-12(18)3-5-16(10)23-9-17(22)24-8-15(21)11-2-4-13(19)14(20)7-11/h2-7H,8-9H2,1H3. The average molecular weight is 388 g/mol. The summed E-state index contributed by atoms with van der Waals surface area (Å²) in [7, 11) is 0.